The Labute approximate surface area is 205 Å². The minimum absolute atomic E-state index is 0.0984. The third kappa shape index (κ3) is 5.65. The van der Waals surface area contributed by atoms with Crippen LogP contribution in [-0.4, -0.2) is 55.6 Å². The molecule has 1 fully saturated rings. The minimum atomic E-state index is -0.137. The van der Waals surface area contributed by atoms with Crippen LogP contribution in [0.15, 0.2) is 53.1 Å². The number of pyridine rings is 1. The Bertz CT molecular complexity index is 1170. The zero-order chi connectivity index (χ0) is 24.8. The zero-order valence-corrected chi connectivity index (χ0v) is 20.4. The molecule has 8 heteroatoms. The van der Waals surface area contributed by atoms with Crippen LogP contribution < -0.4 is 14.8 Å². The second-order valence-electron chi connectivity index (χ2n) is 8.62. The molecular weight excluding hydrogens is 446 g/mol. The Morgan fingerprint density at radius 3 is 2.54 bits per heavy atom. The highest BCUT2D eigenvalue weighted by Gasteiger charge is 2.29. The first-order chi connectivity index (χ1) is 17.0. The molecule has 1 aliphatic rings. The highest BCUT2D eigenvalue weighted by atomic mass is 16.5. The van der Waals surface area contributed by atoms with E-state index in [-0.39, 0.29) is 17.7 Å². The number of carbonyl (C=O) groups is 2. The van der Waals surface area contributed by atoms with Crippen molar-refractivity contribution in [1.82, 2.24) is 15.2 Å². The standard InChI is InChI=1S/C27H31N3O5/c1-18-6-8-21(26(31)28-13-10-19-7-9-22(33-2)24(17-19)34-3)25(29-18)20-11-14-30(15-12-20)27(32)23-5-4-16-35-23/h4-9,16-17,20H,10-15H2,1-3H3,(H,28,31). The van der Waals surface area contributed by atoms with Crippen molar-refractivity contribution in [2.24, 2.45) is 0 Å². The molecule has 2 amide bonds. The van der Waals surface area contributed by atoms with Crippen molar-refractivity contribution in [3.63, 3.8) is 0 Å². The number of aromatic nitrogens is 1. The number of methoxy groups -OCH3 is 2. The van der Waals surface area contributed by atoms with E-state index in [0.29, 0.717) is 48.9 Å². The van der Waals surface area contributed by atoms with Crippen LogP contribution in [0.5, 0.6) is 11.5 Å². The number of benzene rings is 1. The van der Waals surface area contributed by atoms with Gasteiger partial charge in [-0.3, -0.25) is 14.6 Å². The van der Waals surface area contributed by atoms with Crippen molar-refractivity contribution in [3.8, 4) is 11.5 Å². The number of hydrogen-bond donors (Lipinski definition) is 1. The van der Waals surface area contributed by atoms with E-state index in [0.717, 1.165) is 29.8 Å². The fourth-order valence-corrected chi connectivity index (χ4v) is 4.44. The lowest BCUT2D eigenvalue weighted by atomic mass is 9.89. The van der Waals surface area contributed by atoms with Crippen molar-refractivity contribution in [2.75, 3.05) is 33.9 Å². The van der Waals surface area contributed by atoms with Gasteiger partial charge in [-0.25, -0.2) is 0 Å². The van der Waals surface area contributed by atoms with Crippen LogP contribution in [0, 0.1) is 6.92 Å². The first-order valence-electron chi connectivity index (χ1n) is 11.8. The molecule has 1 aliphatic heterocycles. The summed E-state index contributed by atoms with van der Waals surface area (Å²) in [6.07, 6.45) is 3.66. The lowest BCUT2D eigenvalue weighted by Crippen LogP contribution is -2.38. The number of nitrogens with zero attached hydrogens (tertiary/aromatic N) is 2. The van der Waals surface area contributed by atoms with E-state index in [1.807, 2.05) is 37.3 Å². The van der Waals surface area contributed by atoms with Crippen LogP contribution in [0.4, 0.5) is 0 Å². The van der Waals surface area contributed by atoms with Crippen LogP contribution in [-0.2, 0) is 6.42 Å². The highest BCUT2D eigenvalue weighted by Crippen LogP contribution is 2.30. The van der Waals surface area contributed by atoms with Gasteiger partial charge in [0.15, 0.2) is 17.3 Å². The van der Waals surface area contributed by atoms with Crippen LogP contribution in [0.1, 0.15) is 56.6 Å². The van der Waals surface area contributed by atoms with E-state index in [1.54, 1.807) is 31.3 Å². The molecule has 0 radical (unpaired) electrons. The quantitative estimate of drug-likeness (QED) is 0.527. The monoisotopic (exact) mass is 477 g/mol. The zero-order valence-electron chi connectivity index (χ0n) is 20.4. The topological polar surface area (TPSA) is 93.9 Å². The summed E-state index contributed by atoms with van der Waals surface area (Å²) in [5.41, 5.74) is 3.31. The van der Waals surface area contributed by atoms with Gasteiger partial charge in [0.2, 0.25) is 0 Å². The molecule has 2 aromatic heterocycles. The number of piperidine rings is 1. The van der Waals surface area contributed by atoms with Gasteiger partial charge in [-0.15, -0.1) is 0 Å². The minimum Gasteiger partial charge on any atom is -0.493 e. The fourth-order valence-electron chi connectivity index (χ4n) is 4.44. The van der Waals surface area contributed by atoms with Crippen LogP contribution in [0.25, 0.3) is 0 Å². The predicted molar refractivity (Wildman–Crippen MR) is 131 cm³/mol. The van der Waals surface area contributed by atoms with E-state index in [1.165, 1.54) is 6.26 Å². The normalized spacial score (nSPS) is 14.0. The molecular formula is C27H31N3O5. The van der Waals surface area contributed by atoms with Gasteiger partial charge in [-0.2, -0.15) is 0 Å². The molecule has 0 bridgehead atoms. The lowest BCUT2D eigenvalue weighted by molar-refractivity contribution is 0.0678. The lowest BCUT2D eigenvalue weighted by Gasteiger charge is -2.32. The van der Waals surface area contributed by atoms with Gasteiger partial charge in [-0.1, -0.05) is 6.07 Å². The van der Waals surface area contributed by atoms with Crippen molar-refractivity contribution in [1.29, 1.82) is 0 Å². The molecule has 184 valence electrons. The molecule has 3 heterocycles. The number of likely N-dealkylation sites (tertiary alicyclic amines) is 1. The van der Waals surface area contributed by atoms with Crippen molar-refractivity contribution >= 4 is 11.8 Å². The van der Waals surface area contributed by atoms with E-state index in [2.05, 4.69) is 5.32 Å². The summed E-state index contributed by atoms with van der Waals surface area (Å²) in [6.45, 7) is 3.61. The summed E-state index contributed by atoms with van der Waals surface area (Å²) in [7, 11) is 3.21. The SMILES string of the molecule is COc1ccc(CCNC(=O)c2ccc(C)nc2C2CCN(C(=O)c3ccco3)CC2)cc1OC. The molecule has 8 nitrogen and oxygen atoms in total. The number of hydrogen-bond acceptors (Lipinski definition) is 6. The van der Waals surface area contributed by atoms with Crippen LogP contribution in [0.3, 0.4) is 0 Å². The number of nitrogens with one attached hydrogen (secondary N) is 1. The van der Waals surface area contributed by atoms with Crippen LogP contribution >= 0.6 is 0 Å². The Kier molecular flexibility index (Phi) is 7.70. The predicted octanol–water partition coefficient (Wildman–Crippen LogP) is 3.99. The molecule has 0 atom stereocenters. The molecule has 0 spiro atoms. The average molecular weight is 478 g/mol. The van der Waals surface area contributed by atoms with Gasteiger partial charge in [0, 0.05) is 31.2 Å². The molecule has 3 aromatic rings. The first kappa shape index (κ1) is 24.3. The molecule has 4 rings (SSSR count). The number of rotatable bonds is 8. The fraction of sp³-hybridized carbons (Fsp3) is 0.370. The largest absolute Gasteiger partial charge is 0.493 e. The smallest absolute Gasteiger partial charge is 0.289 e. The summed E-state index contributed by atoms with van der Waals surface area (Å²) >= 11 is 0. The molecule has 0 aliphatic carbocycles. The third-order valence-electron chi connectivity index (χ3n) is 6.36. The number of amides is 2. The number of furan rings is 1. The maximum atomic E-state index is 13.1. The van der Waals surface area contributed by atoms with Gasteiger partial charge in [-0.05, 0) is 68.1 Å². The number of carbonyl (C=O) groups excluding carboxylic acids is 2. The van der Waals surface area contributed by atoms with Gasteiger partial charge in [0.1, 0.15) is 0 Å². The van der Waals surface area contributed by atoms with Gasteiger partial charge in [0.25, 0.3) is 11.8 Å². The highest BCUT2D eigenvalue weighted by molar-refractivity contribution is 5.95. The summed E-state index contributed by atoms with van der Waals surface area (Å²) in [5, 5.41) is 3.03. The summed E-state index contributed by atoms with van der Waals surface area (Å²) < 4.78 is 15.9. The Morgan fingerprint density at radius 2 is 1.86 bits per heavy atom. The number of aryl methyl sites for hydroxylation is 1. The van der Waals surface area contributed by atoms with Gasteiger partial charge < -0.3 is 24.1 Å². The van der Waals surface area contributed by atoms with Crippen LogP contribution in [0.2, 0.25) is 0 Å². The van der Waals surface area contributed by atoms with E-state index < -0.39 is 0 Å². The Hall–Kier alpha value is -3.81. The summed E-state index contributed by atoms with van der Waals surface area (Å²) in [6, 6.07) is 12.9. The molecule has 0 saturated carbocycles. The van der Waals surface area contributed by atoms with E-state index in [9.17, 15) is 9.59 Å². The first-order valence-corrected chi connectivity index (χ1v) is 11.8. The third-order valence-corrected chi connectivity index (χ3v) is 6.36. The van der Waals surface area contributed by atoms with E-state index >= 15 is 0 Å². The average Bonchev–Trinajstić information content (AvgIpc) is 3.43. The Morgan fingerprint density at radius 1 is 1.09 bits per heavy atom. The number of ether oxygens (including phenoxy) is 2. The molecule has 0 unspecified atom stereocenters. The summed E-state index contributed by atoms with van der Waals surface area (Å²) in [5.74, 6) is 1.57. The van der Waals surface area contributed by atoms with E-state index in [4.69, 9.17) is 18.9 Å². The van der Waals surface area contributed by atoms with Gasteiger partial charge >= 0.3 is 0 Å². The van der Waals surface area contributed by atoms with Crippen molar-refractivity contribution in [3.05, 3.63) is 77.0 Å². The summed E-state index contributed by atoms with van der Waals surface area (Å²) in [4.78, 5) is 32.2. The molecule has 1 saturated heterocycles. The molecule has 1 aromatic carbocycles. The van der Waals surface area contributed by atoms with Crippen molar-refractivity contribution in [2.45, 2.75) is 32.1 Å². The Balaban J connectivity index is 1.38. The maximum absolute atomic E-state index is 13.1. The molecule has 1 N–H and O–H groups in total. The second-order valence-corrected chi connectivity index (χ2v) is 8.62. The van der Waals surface area contributed by atoms with Crippen molar-refractivity contribution < 1.29 is 23.5 Å². The molecule has 35 heavy (non-hydrogen) atoms. The maximum Gasteiger partial charge on any atom is 0.289 e. The second kappa shape index (κ2) is 11.1. The van der Waals surface area contributed by atoms with Gasteiger partial charge in [0.05, 0.1) is 31.7 Å².